The Bertz CT molecular complexity index is 390. The minimum Gasteiger partial charge on any atom is -0.244 e. The first-order valence-corrected chi connectivity index (χ1v) is 7.42. The molecular formula is C11H17F3O3S. The first-order chi connectivity index (χ1) is 8.17. The van der Waals surface area contributed by atoms with Crippen LogP contribution >= 0.6 is 0 Å². The molecular weight excluding hydrogens is 269 g/mol. The van der Waals surface area contributed by atoms with Crippen molar-refractivity contribution < 1.29 is 25.8 Å². The van der Waals surface area contributed by atoms with Gasteiger partial charge in [-0.3, -0.25) is 0 Å². The first-order valence-electron chi connectivity index (χ1n) is 5.60. The van der Waals surface area contributed by atoms with Crippen LogP contribution in [0, 0.1) is 11.8 Å². The lowest BCUT2D eigenvalue weighted by Crippen LogP contribution is -2.32. The molecule has 0 N–H and O–H groups in total. The van der Waals surface area contributed by atoms with E-state index in [1.807, 2.05) is 12.8 Å². The van der Waals surface area contributed by atoms with E-state index in [2.05, 4.69) is 10.1 Å². The van der Waals surface area contributed by atoms with Crippen molar-refractivity contribution in [2.45, 2.75) is 51.3 Å². The van der Waals surface area contributed by atoms with Crippen LogP contribution in [0.5, 0.6) is 0 Å². The van der Waals surface area contributed by atoms with Gasteiger partial charge in [0.15, 0.2) is 0 Å². The Labute approximate surface area is 106 Å². The Morgan fingerprint density at radius 1 is 1.22 bits per heavy atom. The predicted molar refractivity (Wildman–Crippen MR) is 62.3 cm³/mol. The molecule has 1 atom stereocenters. The molecule has 0 saturated carbocycles. The smallest absolute Gasteiger partial charge is 0.244 e. The van der Waals surface area contributed by atoms with E-state index in [1.54, 1.807) is 0 Å². The van der Waals surface area contributed by atoms with E-state index >= 15 is 0 Å². The quantitative estimate of drug-likeness (QED) is 0.428. The molecule has 0 saturated heterocycles. The molecule has 0 amide bonds. The Balaban J connectivity index is 4.39. The van der Waals surface area contributed by atoms with Gasteiger partial charge in [0.1, 0.15) is 0 Å². The van der Waals surface area contributed by atoms with E-state index in [1.165, 1.54) is 0 Å². The van der Waals surface area contributed by atoms with Gasteiger partial charge in [-0.15, -0.1) is 5.92 Å². The number of unbranched alkanes of at least 4 members (excludes halogenated alkanes) is 4. The van der Waals surface area contributed by atoms with E-state index in [0.29, 0.717) is 19.1 Å². The zero-order chi connectivity index (χ0) is 14.2. The van der Waals surface area contributed by atoms with Crippen molar-refractivity contribution in [1.29, 1.82) is 0 Å². The van der Waals surface area contributed by atoms with E-state index in [0.717, 1.165) is 19.3 Å². The van der Waals surface area contributed by atoms with Gasteiger partial charge in [-0.2, -0.15) is 21.6 Å². The third kappa shape index (κ3) is 9.31. The summed E-state index contributed by atoms with van der Waals surface area (Å²) in [4.78, 5) is 0. The lowest BCUT2D eigenvalue weighted by molar-refractivity contribution is -0.175. The lowest BCUT2D eigenvalue weighted by atomic mass is 10.1. The molecule has 1 unspecified atom stereocenters. The molecule has 0 bridgehead atoms. The fourth-order valence-corrected chi connectivity index (χ4v) is 1.65. The van der Waals surface area contributed by atoms with Crippen molar-refractivity contribution in [2.24, 2.45) is 0 Å². The summed E-state index contributed by atoms with van der Waals surface area (Å²) in [7, 11) is -4.18. The third-order valence-corrected chi connectivity index (χ3v) is 2.50. The number of halogens is 3. The molecule has 0 rings (SSSR count). The van der Waals surface area contributed by atoms with Gasteiger partial charge in [-0.25, -0.2) is 4.18 Å². The molecule has 7 heteroatoms. The minimum atomic E-state index is -4.81. The van der Waals surface area contributed by atoms with E-state index in [4.69, 9.17) is 0 Å². The monoisotopic (exact) mass is 286 g/mol. The molecule has 0 aromatic carbocycles. The fraction of sp³-hybridized carbons (Fsp3) is 0.818. The second kappa shape index (κ2) is 7.64. The summed E-state index contributed by atoms with van der Waals surface area (Å²) in [6.45, 7) is 2.02. The standard InChI is InChI=1S/C11H17F3O3S/c1-3-4-5-6-7-8-9-10(11(12,13)14)17-18(2,15)16/h10H,3-7H2,1-2H3. The van der Waals surface area contributed by atoms with Gasteiger partial charge in [0, 0.05) is 6.42 Å². The second-order valence-electron chi connectivity index (χ2n) is 3.85. The normalized spacial score (nSPS) is 13.8. The molecule has 0 fully saturated rings. The van der Waals surface area contributed by atoms with Gasteiger partial charge < -0.3 is 0 Å². The van der Waals surface area contributed by atoms with Crippen LogP contribution in [0.25, 0.3) is 0 Å². The molecule has 0 spiro atoms. The number of rotatable bonds is 6. The molecule has 18 heavy (non-hydrogen) atoms. The van der Waals surface area contributed by atoms with Gasteiger partial charge >= 0.3 is 6.18 Å². The summed E-state index contributed by atoms with van der Waals surface area (Å²) in [5.41, 5.74) is 0. The van der Waals surface area contributed by atoms with Crippen LogP contribution in [0.15, 0.2) is 0 Å². The highest BCUT2D eigenvalue weighted by Crippen LogP contribution is 2.23. The topological polar surface area (TPSA) is 43.4 Å². The Morgan fingerprint density at radius 3 is 2.28 bits per heavy atom. The summed E-state index contributed by atoms with van der Waals surface area (Å²) < 4.78 is 62.4. The molecule has 0 aliphatic carbocycles. The number of hydrogen-bond acceptors (Lipinski definition) is 3. The van der Waals surface area contributed by atoms with Gasteiger partial charge in [0.2, 0.25) is 6.10 Å². The third-order valence-electron chi connectivity index (χ3n) is 1.96. The Morgan fingerprint density at radius 2 is 1.83 bits per heavy atom. The molecule has 0 aromatic heterocycles. The summed E-state index contributed by atoms with van der Waals surface area (Å²) >= 11 is 0. The molecule has 0 radical (unpaired) electrons. The largest absolute Gasteiger partial charge is 0.427 e. The highest BCUT2D eigenvalue weighted by molar-refractivity contribution is 7.86. The summed E-state index contributed by atoms with van der Waals surface area (Å²) in [5, 5.41) is 0. The first kappa shape index (κ1) is 17.3. The molecule has 106 valence electrons. The van der Waals surface area contributed by atoms with Crippen molar-refractivity contribution in [3.63, 3.8) is 0 Å². The van der Waals surface area contributed by atoms with Crippen LogP contribution in [-0.4, -0.2) is 27.0 Å². The molecule has 0 aliphatic heterocycles. The molecule has 3 nitrogen and oxygen atoms in total. The Kier molecular flexibility index (Phi) is 7.33. The lowest BCUT2D eigenvalue weighted by Gasteiger charge is -2.13. The minimum absolute atomic E-state index is 0.305. The summed E-state index contributed by atoms with van der Waals surface area (Å²) in [6.07, 6.45) is -2.88. The summed E-state index contributed by atoms with van der Waals surface area (Å²) in [5.74, 6) is 4.13. The highest BCUT2D eigenvalue weighted by Gasteiger charge is 2.42. The van der Waals surface area contributed by atoms with Crippen LogP contribution in [-0.2, 0) is 14.3 Å². The maximum atomic E-state index is 12.4. The average molecular weight is 286 g/mol. The molecule has 0 aliphatic rings. The van der Waals surface area contributed by atoms with Crippen LogP contribution in [0.1, 0.15) is 39.0 Å². The van der Waals surface area contributed by atoms with Gasteiger partial charge in [0.05, 0.1) is 6.26 Å². The van der Waals surface area contributed by atoms with Gasteiger partial charge in [-0.05, 0) is 6.42 Å². The SMILES string of the molecule is CCCCCCC#CC(OS(C)(=O)=O)C(F)(F)F. The van der Waals surface area contributed by atoms with E-state index in [-0.39, 0.29) is 0 Å². The van der Waals surface area contributed by atoms with Crippen LogP contribution < -0.4 is 0 Å². The maximum Gasteiger partial charge on any atom is 0.427 e. The molecule has 0 heterocycles. The Hall–Kier alpha value is -0.740. The predicted octanol–water partition coefficient (Wildman–Crippen LogP) is 2.87. The van der Waals surface area contributed by atoms with Crippen LogP contribution in [0.4, 0.5) is 13.2 Å². The second-order valence-corrected chi connectivity index (χ2v) is 5.45. The number of alkyl halides is 3. The maximum absolute atomic E-state index is 12.4. The van der Waals surface area contributed by atoms with Crippen LogP contribution in [0.2, 0.25) is 0 Å². The fourth-order valence-electron chi connectivity index (χ4n) is 1.14. The van der Waals surface area contributed by atoms with E-state index < -0.39 is 22.4 Å². The van der Waals surface area contributed by atoms with Crippen molar-refractivity contribution in [3.05, 3.63) is 0 Å². The van der Waals surface area contributed by atoms with Crippen molar-refractivity contribution >= 4 is 10.1 Å². The summed E-state index contributed by atoms with van der Waals surface area (Å²) in [6, 6.07) is 0. The average Bonchev–Trinajstić information content (AvgIpc) is 2.18. The van der Waals surface area contributed by atoms with Gasteiger partial charge in [0.25, 0.3) is 10.1 Å². The molecule has 0 aromatic rings. The number of hydrogen-bond donors (Lipinski definition) is 0. The van der Waals surface area contributed by atoms with Crippen LogP contribution in [0.3, 0.4) is 0 Å². The van der Waals surface area contributed by atoms with Crippen molar-refractivity contribution in [1.82, 2.24) is 0 Å². The zero-order valence-electron chi connectivity index (χ0n) is 10.4. The zero-order valence-corrected chi connectivity index (χ0v) is 11.2. The van der Waals surface area contributed by atoms with Gasteiger partial charge in [-0.1, -0.05) is 32.1 Å². The van der Waals surface area contributed by atoms with Crippen molar-refractivity contribution in [3.8, 4) is 11.8 Å². The van der Waals surface area contributed by atoms with E-state index in [9.17, 15) is 21.6 Å². The highest BCUT2D eigenvalue weighted by atomic mass is 32.2. The van der Waals surface area contributed by atoms with Crippen molar-refractivity contribution in [2.75, 3.05) is 6.26 Å².